The molecule has 0 fully saturated rings. The van der Waals surface area contributed by atoms with Gasteiger partial charge in [-0.3, -0.25) is 9.59 Å². The van der Waals surface area contributed by atoms with Crippen molar-refractivity contribution in [3.05, 3.63) is 83.7 Å². The van der Waals surface area contributed by atoms with E-state index in [0.29, 0.717) is 17.0 Å². The number of rotatable bonds is 7. The molecule has 2 aromatic carbocycles. The number of nitrogens with one attached hydrogen (secondary N) is 2. The molecular weight excluding hydrogens is 387 g/mol. The molecule has 1 aromatic heterocycles. The minimum Gasteiger partial charge on any atom is -0.491 e. The Kier molecular flexibility index (Phi) is 6.69. The first kappa shape index (κ1) is 20.9. The fraction of sp³-hybridized carbons (Fsp3) is 0.182. The van der Waals surface area contributed by atoms with Crippen molar-refractivity contribution in [2.45, 2.75) is 26.5 Å². The smallest absolute Gasteiger partial charge is 0.276 e. The van der Waals surface area contributed by atoms with Gasteiger partial charge in [0.2, 0.25) is 0 Å². The summed E-state index contributed by atoms with van der Waals surface area (Å²) >= 11 is 0. The van der Waals surface area contributed by atoms with Crippen LogP contribution in [0.4, 0.5) is 10.1 Å². The zero-order valence-electron chi connectivity index (χ0n) is 16.6. The highest BCUT2D eigenvalue weighted by Gasteiger charge is 2.20. The van der Waals surface area contributed by atoms with Gasteiger partial charge in [0.1, 0.15) is 11.6 Å². The van der Waals surface area contributed by atoms with E-state index in [2.05, 4.69) is 20.6 Å². The van der Waals surface area contributed by atoms with Crippen LogP contribution in [0.25, 0.3) is 0 Å². The molecule has 0 unspecified atom stereocenters. The molecule has 7 nitrogen and oxygen atoms in total. The average molecular weight is 408 g/mol. The zero-order valence-corrected chi connectivity index (χ0v) is 16.6. The molecule has 2 amide bonds. The van der Waals surface area contributed by atoms with Crippen molar-refractivity contribution in [2.24, 2.45) is 0 Å². The lowest BCUT2D eigenvalue weighted by molar-refractivity contribution is 0.0931. The first-order chi connectivity index (χ1) is 14.4. The standard InChI is InChI=1S/C22H21FN4O3/c1-14(2)30-18-9-7-17(8-10-18)27-22(29)20-19(24-11-12-25-20)21(28)26-13-15-3-5-16(23)6-4-15/h3-12,14H,13H2,1-2H3,(H,26,28)(H,27,29). The molecule has 0 aliphatic carbocycles. The SMILES string of the molecule is CC(C)Oc1ccc(NC(=O)c2nccnc2C(=O)NCc2ccc(F)cc2)cc1. The van der Waals surface area contributed by atoms with E-state index in [1.54, 1.807) is 36.4 Å². The molecule has 0 bridgehead atoms. The molecule has 0 spiro atoms. The van der Waals surface area contributed by atoms with Crippen molar-refractivity contribution in [1.29, 1.82) is 0 Å². The molecule has 0 aliphatic rings. The Morgan fingerprint density at radius 2 is 1.53 bits per heavy atom. The fourth-order valence-corrected chi connectivity index (χ4v) is 2.62. The number of halogens is 1. The van der Waals surface area contributed by atoms with Crippen molar-refractivity contribution in [3.8, 4) is 5.75 Å². The maximum atomic E-state index is 13.0. The van der Waals surface area contributed by atoms with Crippen molar-refractivity contribution in [1.82, 2.24) is 15.3 Å². The predicted molar refractivity (Wildman–Crippen MR) is 110 cm³/mol. The highest BCUT2D eigenvalue weighted by molar-refractivity contribution is 6.09. The maximum absolute atomic E-state index is 13.0. The molecule has 8 heteroatoms. The number of amides is 2. The van der Waals surface area contributed by atoms with Gasteiger partial charge in [-0.05, 0) is 55.8 Å². The molecule has 3 rings (SSSR count). The molecule has 0 saturated heterocycles. The van der Waals surface area contributed by atoms with Crippen LogP contribution in [0.3, 0.4) is 0 Å². The monoisotopic (exact) mass is 408 g/mol. The summed E-state index contributed by atoms with van der Waals surface area (Å²) in [7, 11) is 0. The fourth-order valence-electron chi connectivity index (χ4n) is 2.62. The molecule has 30 heavy (non-hydrogen) atoms. The van der Waals surface area contributed by atoms with E-state index in [0.717, 1.165) is 0 Å². The summed E-state index contributed by atoms with van der Waals surface area (Å²) in [6, 6.07) is 12.6. The normalized spacial score (nSPS) is 10.5. The summed E-state index contributed by atoms with van der Waals surface area (Å²) in [6.45, 7) is 4.01. The number of carbonyl (C=O) groups is 2. The summed E-state index contributed by atoms with van der Waals surface area (Å²) in [6.07, 6.45) is 2.72. The Bertz CT molecular complexity index is 1020. The number of aromatic nitrogens is 2. The van der Waals surface area contributed by atoms with E-state index in [9.17, 15) is 14.0 Å². The Morgan fingerprint density at radius 3 is 2.13 bits per heavy atom. The van der Waals surface area contributed by atoms with Crippen LogP contribution < -0.4 is 15.4 Å². The van der Waals surface area contributed by atoms with Gasteiger partial charge in [0, 0.05) is 24.6 Å². The Labute approximate surface area is 173 Å². The number of hydrogen-bond acceptors (Lipinski definition) is 5. The van der Waals surface area contributed by atoms with Crippen LogP contribution in [-0.4, -0.2) is 27.9 Å². The molecule has 1 heterocycles. The summed E-state index contributed by atoms with van der Waals surface area (Å²) < 4.78 is 18.6. The lowest BCUT2D eigenvalue weighted by Crippen LogP contribution is -2.28. The highest BCUT2D eigenvalue weighted by atomic mass is 19.1. The number of anilines is 1. The summed E-state index contributed by atoms with van der Waals surface area (Å²) in [5, 5.41) is 5.35. The number of ether oxygens (including phenoxy) is 1. The lowest BCUT2D eigenvalue weighted by Gasteiger charge is -2.11. The first-order valence-corrected chi connectivity index (χ1v) is 9.34. The van der Waals surface area contributed by atoms with Crippen LogP contribution >= 0.6 is 0 Å². The number of carbonyl (C=O) groups excluding carboxylic acids is 2. The maximum Gasteiger partial charge on any atom is 0.276 e. The van der Waals surface area contributed by atoms with Gasteiger partial charge >= 0.3 is 0 Å². The lowest BCUT2D eigenvalue weighted by atomic mass is 10.2. The van der Waals surface area contributed by atoms with Gasteiger partial charge in [-0.25, -0.2) is 14.4 Å². The average Bonchev–Trinajstić information content (AvgIpc) is 2.74. The van der Waals surface area contributed by atoms with Crippen LogP contribution in [0.2, 0.25) is 0 Å². The molecule has 0 aliphatic heterocycles. The quantitative estimate of drug-likeness (QED) is 0.623. The van der Waals surface area contributed by atoms with Gasteiger partial charge in [0.05, 0.1) is 6.10 Å². The van der Waals surface area contributed by atoms with E-state index >= 15 is 0 Å². The second-order valence-electron chi connectivity index (χ2n) is 6.71. The van der Waals surface area contributed by atoms with E-state index < -0.39 is 11.8 Å². The zero-order chi connectivity index (χ0) is 21.5. The van der Waals surface area contributed by atoms with Gasteiger partial charge in [0.15, 0.2) is 11.4 Å². The van der Waals surface area contributed by atoms with Crippen LogP contribution in [0.1, 0.15) is 40.4 Å². The van der Waals surface area contributed by atoms with Crippen molar-refractivity contribution in [2.75, 3.05) is 5.32 Å². The molecule has 3 aromatic rings. The van der Waals surface area contributed by atoms with Gasteiger partial charge in [0.25, 0.3) is 11.8 Å². The molecule has 2 N–H and O–H groups in total. The third-order valence-corrected chi connectivity index (χ3v) is 3.98. The van der Waals surface area contributed by atoms with E-state index in [1.165, 1.54) is 24.5 Å². The van der Waals surface area contributed by atoms with Gasteiger partial charge < -0.3 is 15.4 Å². The minimum absolute atomic E-state index is 0.0426. The molecule has 0 radical (unpaired) electrons. The molecule has 0 atom stereocenters. The summed E-state index contributed by atoms with van der Waals surface area (Å²) in [4.78, 5) is 33.2. The Hall–Kier alpha value is -3.81. The van der Waals surface area contributed by atoms with Crippen LogP contribution in [-0.2, 0) is 6.54 Å². The van der Waals surface area contributed by atoms with Crippen LogP contribution in [0.5, 0.6) is 5.75 Å². The Morgan fingerprint density at radius 1 is 0.933 bits per heavy atom. The summed E-state index contributed by atoms with van der Waals surface area (Å²) in [5.41, 5.74) is 1.04. The molecule has 0 saturated carbocycles. The van der Waals surface area contributed by atoms with Crippen LogP contribution in [0.15, 0.2) is 60.9 Å². The first-order valence-electron chi connectivity index (χ1n) is 9.34. The van der Waals surface area contributed by atoms with Crippen LogP contribution in [0, 0.1) is 5.82 Å². The third kappa shape index (κ3) is 5.60. The minimum atomic E-state index is -0.562. The number of benzene rings is 2. The topological polar surface area (TPSA) is 93.2 Å². The largest absolute Gasteiger partial charge is 0.491 e. The van der Waals surface area contributed by atoms with Gasteiger partial charge in [-0.15, -0.1) is 0 Å². The van der Waals surface area contributed by atoms with Gasteiger partial charge in [-0.1, -0.05) is 12.1 Å². The highest BCUT2D eigenvalue weighted by Crippen LogP contribution is 2.18. The number of hydrogen-bond donors (Lipinski definition) is 2. The van der Waals surface area contributed by atoms with E-state index in [-0.39, 0.29) is 29.9 Å². The van der Waals surface area contributed by atoms with Crippen molar-refractivity contribution >= 4 is 17.5 Å². The molecular formula is C22H21FN4O3. The van der Waals surface area contributed by atoms with Crippen molar-refractivity contribution in [3.63, 3.8) is 0 Å². The molecule has 154 valence electrons. The number of nitrogens with zero attached hydrogens (tertiary/aromatic N) is 2. The summed E-state index contributed by atoms with van der Waals surface area (Å²) in [5.74, 6) is -0.795. The van der Waals surface area contributed by atoms with E-state index in [4.69, 9.17) is 4.74 Å². The predicted octanol–water partition coefficient (Wildman–Crippen LogP) is 3.59. The second kappa shape index (κ2) is 9.60. The van der Waals surface area contributed by atoms with Gasteiger partial charge in [-0.2, -0.15) is 0 Å². The Balaban J connectivity index is 1.68. The van der Waals surface area contributed by atoms with E-state index in [1.807, 2.05) is 13.8 Å². The van der Waals surface area contributed by atoms with Crippen molar-refractivity contribution < 1.29 is 18.7 Å². The third-order valence-electron chi connectivity index (χ3n) is 3.98. The second-order valence-corrected chi connectivity index (χ2v) is 6.71.